The Bertz CT molecular complexity index is 641. The lowest BCUT2D eigenvalue weighted by molar-refractivity contribution is -0.131. The second-order valence-electron chi connectivity index (χ2n) is 4.98. The number of aliphatic carboxylic acids is 1. The summed E-state index contributed by atoms with van der Waals surface area (Å²) in [6.07, 6.45) is 7.02. The van der Waals surface area contributed by atoms with Gasteiger partial charge in [0.1, 0.15) is 12.0 Å². The van der Waals surface area contributed by atoms with Gasteiger partial charge < -0.3 is 9.67 Å². The van der Waals surface area contributed by atoms with Gasteiger partial charge in [0.25, 0.3) is 0 Å². The van der Waals surface area contributed by atoms with Gasteiger partial charge in [-0.25, -0.2) is 14.8 Å². The minimum atomic E-state index is -0.959. The smallest absolute Gasteiger partial charge is 0.328 e. The van der Waals surface area contributed by atoms with Gasteiger partial charge in [-0.15, -0.1) is 0 Å². The van der Waals surface area contributed by atoms with Crippen LogP contribution in [0.3, 0.4) is 0 Å². The third-order valence-corrected chi connectivity index (χ3v) is 2.87. The summed E-state index contributed by atoms with van der Waals surface area (Å²) >= 11 is 0. The normalized spacial score (nSPS) is 11.8. The van der Waals surface area contributed by atoms with Crippen molar-refractivity contribution in [1.29, 1.82) is 0 Å². The quantitative estimate of drug-likeness (QED) is 0.855. The number of aryl methyl sites for hydroxylation is 1. The molecule has 0 aliphatic heterocycles. The largest absolute Gasteiger partial charge is 0.478 e. The molecule has 2 aromatic rings. The first kappa shape index (κ1) is 13.3. The van der Waals surface area contributed by atoms with Crippen LogP contribution in [0.1, 0.15) is 25.1 Å². The van der Waals surface area contributed by atoms with Gasteiger partial charge in [0, 0.05) is 30.3 Å². The zero-order valence-corrected chi connectivity index (χ0v) is 11.3. The first-order valence-electron chi connectivity index (χ1n) is 6.19. The Morgan fingerprint density at radius 3 is 2.84 bits per heavy atom. The van der Waals surface area contributed by atoms with E-state index in [1.54, 1.807) is 12.4 Å². The maximum Gasteiger partial charge on any atom is 0.328 e. The molecule has 0 saturated heterocycles. The molecule has 2 heterocycles. The molecule has 0 radical (unpaired) electrons. The Morgan fingerprint density at radius 1 is 1.47 bits per heavy atom. The highest BCUT2D eigenvalue weighted by Gasteiger charge is 2.12. The van der Waals surface area contributed by atoms with Crippen LogP contribution in [-0.4, -0.2) is 25.6 Å². The predicted octanol–water partition coefficient (Wildman–Crippen LogP) is 2.26. The Balaban J connectivity index is 2.60. The molecule has 0 aliphatic carbocycles. The number of fused-ring (bicyclic) bond motifs is 1. The van der Waals surface area contributed by atoms with Gasteiger partial charge in [0.15, 0.2) is 0 Å². The van der Waals surface area contributed by atoms with Crippen molar-refractivity contribution in [2.45, 2.75) is 20.3 Å². The number of nitrogens with zero attached hydrogens (tertiary/aromatic N) is 3. The Hall–Kier alpha value is -2.17. The summed E-state index contributed by atoms with van der Waals surface area (Å²) in [4.78, 5) is 19.3. The first-order valence-corrected chi connectivity index (χ1v) is 6.19. The standard InChI is InChI=1S/C14H17N3O2/c1-9(2)6-11-13-10(4-5-12(18)19)7-17(3)14(13)16-8-15-11/h4-5,7-9H,6H2,1-3H3,(H,18,19)/b5-4+. The van der Waals surface area contributed by atoms with E-state index in [9.17, 15) is 4.79 Å². The topological polar surface area (TPSA) is 68.0 Å². The summed E-state index contributed by atoms with van der Waals surface area (Å²) in [6, 6.07) is 0. The molecule has 0 saturated carbocycles. The zero-order valence-electron chi connectivity index (χ0n) is 11.3. The number of carboxylic acid groups (broad SMARTS) is 1. The fraction of sp³-hybridized carbons (Fsp3) is 0.357. The average Bonchev–Trinajstić information content (AvgIpc) is 2.64. The maximum absolute atomic E-state index is 10.7. The van der Waals surface area contributed by atoms with E-state index in [2.05, 4.69) is 23.8 Å². The molecule has 2 rings (SSSR count). The van der Waals surface area contributed by atoms with Crippen LogP contribution in [0.5, 0.6) is 0 Å². The first-order chi connectivity index (χ1) is 8.99. The summed E-state index contributed by atoms with van der Waals surface area (Å²) in [6.45, 7) is 4.26. The Morgan fingerprint density at radius 2 is 2.21 bits per heavy atom. The van der Waals surface area contributed by atoms with Crippen molar-refractivity contribution in [2.24, 2.45) is 13.0 Å². The predicted molar refractivity (Wildman–Crippen MR) is 73.7 cm³/mol. The minimum absolute atomic E-state index is 0.481. The summed E-state index contributed by atoms with van der Waals surface area (Å²) in [5.41, 5.74) is 2.64. The van der Waals surface area contributed by atoms with Crippen LogP contribution < -0.4 is 0 Å². The molecule has 0 spiro atoms. The van der Waals surface area contributed by atoms with Crippen molar-refractivity contribution in [1.82, 2.24) is 14.5 Å². The van der Waals surface area contributed by atoms with E-state index < -0.39 is 5.97 Å². The molecule has 0 aliphatic rings. The molecule has 100 valence electrons. The molecule has 5 heteroatoms. The van der Waals surface area contributed by atoms with E-state index in [1.807, 2.05) is 17.8 Å². The van der Waals surface area contributed by atoms with Crippen molar-refractivity contribution in [3.8, 4) is 0 Å². The van der Waals surface area contributed by atoms with E-state index in [4.69, 9.17) is 5.11 Å². The molecule has 0 amide bonds. The molecule has 1 N–H and O–H groups in total. The molecule has 5 nitrogen and oxygen atoms in total. The maximum atomic E-state index is 10.7. The van der Waals surface area contributed by atoms with Gasteiger partial charge in [-0.3, -0.25) is 0 Å². The molecular formula is C14H17N3O2. The highest BCUT2D eigenvalue weighted by molar-refractivity contribution is 5.93. The average molecular weight is 259 g/mol. The van der Waals surface area contributed by atoms with E-state index in [1.165, 1.54) is 0 Å². The third kappa shape index (κ3) is 2.81. The van der Waals surface area contributed by atoms with Crippen LogP contribution in [-0.2, 0) is 18.3 Å². The minimum Gasteiger partial charge on any atom is -0.478 e. The van der Waals surface area contributed by atoms with E-state index >= 15 is 0 Å². The van der Waals surface area contributed by atoms with Crippen molar-refractivity contribution in [3.63, 3.8) is 0 Å². The van der Waals surface area contributed by atoms with Crippen molar-refractivity contribution in [3.05, 3.63) is 29.9 Å². The summed E-state index contributed by atoms with van der Waals surface area (Å²) in [5.74, 6) is -0.478. The number of hydrogen-bond acceptors (Lipinski definition) is 3. The monoisotopic (exact) mass is 259 g/mol. The lowest BCUT2D eigenvalue weighted by atomic mass is 10.0. The molecule has 19 heavy (non-hydrogen) atoms. The van der Waals surface area contributed by atoms with Gasteiger partial charge in [-0.1, -0.05) is 13.8 Å². The van der Waals surface area contributed by atoms with Gasteiger partial charge >= 0.3 is 5.97 Å². The molecule has 0 bridgehead atoms. The van der Waals surface area contributed by atoms with Crippen LogP contribution in [0.2, 0.25) is 0 Å². The molecular weight excluding hydrogens is 242 g/mol. The van der Waals surface area contributed by atoms with Gasteiger partial charge in [-0.05, 0) is 18.4 Å². The number of rotatable bonds is 4. The van der Waals surface area contributed by atoms with E-state index in [0.29, 0.717) is 5.92 Å². The van der Waals surface area contributed by atoms with Crippen LogP contribution in [0, 0.1) is 5.92 Å². The summed E-state index contributed by atoms with van der Waals surface area (Å²) in [7, 11) is 1.90. The summed E-state index contributed by atoms with van der Waals surface area (Å²) in [5, 5.41) is 9.68. The third-order valence-electron chi connectivity index (χ3n) is 2.87. The molecule has 0 aromatic carbocycles. The highest BCUT2D eigenvalue weighted by atomic mass is 16.4. The van der Waals surface area contributed by atoms with Gasteiger partial charge in [0.2, 0.25) is 0 Å². The van der Waals surface area contributed by atoms with E-state index in [0.717, 1.165) is 34.8 Å². The lowest BCUT2D eigenvalue weighted by Gasteiger charge is -2.06. The van der Waals surface area contributed by atoms with Gasteiger partial charge in [0.05, 0.1) is 5.69 Å². The van der Waals surface area contributed by atoms with Crippen LogP contribution in [0.15, 0.2) is 18.6 Å². The Labute approximate surface area is 111 Å². The Kier molecular flexibility index (Phi) is 3.64. The number of carboxylic acids is 1. The number of hydrogen-bond donors (Lipinski definition) is 1. The second-order valence-corrected chi connectivity index (χ2v) is 4.98. The number of aromatic nitrogens is 3. The van der Waals surface area contributed by atoms with Crippen LogP contribution >= 0.6 is 0 Å². The van der Waals surface area contributed by atoms with E-state index in [-0.39, 0.29) is 0 Å². The molecule has 2 aromatic heterocycles. The molecule has 0 atom stereocenters. The fourth-order valence-electron chi connectivity index (χ4n) is 2.14. The lowest BCUT2D eigenvalue weighted by Crippen LogP contribution is -2.00. The SMILES string of the molecule is CC(C)Cc1ncnc2c1c(/C=C/C(=O)O)cn2C. The zero-order chi connectivity index (χ0) is 14.0. The number of carbonyl (C=O) groups is 1. The molecule has 0 fully saturated rings. The second kappa shape index (κ2) is 5.22. The van der Waals surface area contributed by atoms with Crippen molar-refractivity contribution in [2.75, 3.05) is 0 Å². The van der Waals surface area contributed by atoms with Crippen LogP contribution in [0.25, 0.3) is 17.1 Å². The fourth-order valence-corrected chi connectivity index (χ4v) is 2.14. The molecule has 0 unspecified atom stereocenters. The summed E-state index contributed by atoms with van der Waals surface area (Å²) < 4.78 is 1.89. The van der Waals surface area contributed by atoms with Crippen LogP contribution in [0.4, 0.5) is 0 Å². The van der Waals surface area contributed by atoms with Crippen molar-refractivity contribution < 1.29 is 9.90 Å². The van der Waals surface area contributed by atoms with Crippen molar-refractivity contribution >= 4 is 23.1 Å². The highest BCUT2D eigenvalue weighted by Crippen LogP contribution is 2.24. The van der Waals surface area contributed by atoms with Gasteiger partial charge in [-0.2, -0.15) is 0 Å².